The number of thiazole rings is 1. The highest BCUT2D eigenvalue weighted by Crippen LogP contribution is 2.12. The summed E-state index contributed by atoms with van der Waals surface area (Å²) in [4.78, 5) is 9.53. The Morgan fingerprint density at radius 3 is 3.00 bits per heavy atom. The Morgan fingerprint density at radius 2 is 2.33 bits per heavy atom. The van der Waals surface area contributed by atoms with E-state index in [1.54, 1.807) is 22.3 Å². The van der Waals surface area contributed by atoms with Crippen LogP contribution in [0.1, 0.15) is 16.4 Å². The largest absolute Gasteiger partial charge is 0.389 e. The lowest BCUT2D eigenvalue weighted by molar-refractivity contribution is 0.0383. The maximum absolute atomic E-state index is 9.80. The summed E-state index contributed by atoms with van der Waals surface area (Å²) in [7, 11) is 1.82. The van der Waals surface area contributed by atoms with Gasteiger partial charge in [0.15, 0.2) is 5.82 Å². The number of ether oxygens (including phenoxy) is 1. The normalized spacial score (nSPS) is 12.7. The second-order valence-electron chi connectivity index (χ2n) is 4.81. The van der Waals surface area contributed by atoms with Gasteiger partial charge in [-0.25, -0.2) is 9.97 Å². The van der Waals surface area contributed by atoms with Crippen molar-refractivity contribution >= 4 is 11.3 Å². The molecule has 2 aromatic heterocycles. The van der Waals surface area contributed by atoms with Crippen LogP contribution < -0.4 is 5.32 Å². The van der Waals surface area contributed by atoms with E-state index in [4.69, 9.17) is 4.74 Å². The summed E-state index contributed by atoms with van der Waals surface area (Å²) in [5.74, 6) is 0.714. The van der Waals surface area contributed by atoms with Crippen LogP contribution in [0.2, 0.25) is 0 Å². The third-order valence-electron chi connectivity index (χ3n) is 2.94. The molecule has 0 amide bonds. The summed E-state index contributed by atoms with van der Waals surface area (Å²) in [5.41, 5.74) is 2.91. The Hall–Kier alpha value is -1.35. The van der Waals surface area contributed by atoms with Gasteiger partial charge in [-0.3, -0.25) is 4.68 Å². The molecule has 8 heteroatoms. The summed E-state index contributed by atoms with van der Waals surface area (Å²) in [6.07, 6.45) is 1.96. The molecular weight excluding hydrogens is 290 g/mol. The van der Waals surface area contributed by atoms with Crippen LogP contribution in [0.4, 0.5) is 0 Å². The molecule has 7 nitrogen and oxygen atoms in total. The van der Waals surface area contributed by atoms with E-state index >= 15 is 0 Å². The molecule has 0 saturated heterocycles. The third kappa shape index (κ3) is 5.50. The highest BCUT2D eigenvalue weighted by molar-refractivity contribution is 7.09. The van der Waals surface area contributed by atoms with Gasteiger partial charge in [-0.2, -0.15) is 5.10 Å². The van der Waals surface area contributed by atoms with Gasteiger partial charge in [0.2, 0.25) is 0 Å². The van der Waals surface area contributed by atoms with Crippen LogP contribution in [0, 0.1) is 6.92 Å². The van der Waals surface area contributed by atoms with E-state index in [0.29, 0.717) is 32.1 Å². The Labute approximate surface area is 128 Å². The molecule has 0 radical (unpaired) electrons. The first-order chi connectivity index (χ1) is 10.1. The number of hydrogen-bond donors (Lipinski definition) is 2. The van der Waals surface area contributed by atoms with Crippen molar-refractivity contribution in [2.24, 2.45) is 7.05 Å². The molecule has 2 rings (SSSR count). The fourth-order valence-electron chi connectivity index (χ4n) is 1.82. The topological polar surface area (TPSA) is 85.1 Å². The van der Waals surface area contributed by atoms with Gasteiger partial charge in [-0.15, -0.1) is 11.3 Å². The fraction of sp³-hybridized carbons (Fsp3) is 0.615. The standard InChI is InChI=1S/C13H21N5O2S/c1-10-12(21-9-16-10)3-4-20-7-11(19)5-14-6-13-15-8-18(2)17-13/h8-9,11,14,19H,3-7H2,1-2H3. The van der Waals surface area contributed by atoms with Gasteiger partial charge < -0.3 is 15.2 Å². The lowest BCUT2D eigenvalue weighted by atomic mass is 10.3. The molecule has 0 saturated carbocycles. The Kier molecular flexibility index (Phi) is 6.24. The number of aliphatic hydroxyl groups excluding tert-OH is 1. The second-order valence-corrected chi connectivity index (χ2v) is 5.74. The van der Waals surface area contributed by atoms with Crippen molar-refractivity contribution in [2.75, 3.05) is 19.8 Å². The fourth-order valence-corrected chi connectivity index (χ4v) is 2.59. The molecule has 1 unspecified atom stereocenters. The molecule has 0 fully saturated rings. The van der Waals surface area contributed by atoms with Crippen LogP contribution in [0.3, 0.4) is 0 Å². The number of hydrogen-bond acceptors (Lipinski definition) is 7. The van der Waals surface area contributed by atoms with Crippen molar-refractivity contribution in [1.29, 1.82) is 0 Å². The Balaban J connectivity index is 1.53. The third-order valence-corrected chi connectivity index (χ3v) is 3.93. The van der Waals surface area contributed by atoms with Gasteiger partial charge in [0, 0.05) is 24.9 Å². The average molecular weight is 311 g/mol. The van der Waals surface area contributed by atoms with Crippen LogP contribution in [-0.2, 0) is 24.8 Å². The van der Waals surface area contributed by atoms with Crippen molar-refractivity contribution in [3.8, 4) is 0 Å². The number of aryl methyl sites for hydroxylation is 2. The second kappa shape index (κ2) is 8.18. The van der Waals surface area contributed by atoms with E-state index in [9.17, 15) is 5.11 Å². The average Bonchev–Trinajstić information content (AvgIpc) is 3.04. The molecule has 0 aliphatic rings. The highest BCUT2D eigenvalue weighted by atomic mass is 32.1. The predicted octanol–water partition coefficient (Wildman–Crippen LogP) is 0.290. The zero-order valence-electron chi connectivity index (χ0n) is 12.3. The minimum absolute atomic E-state index is 0.320. The highest BCUT2D eigenvalue weighted by Gasteiger charge is 2.06. The van der Waals surface area contributed by atoms with E-state index in [1.807, 2.05) is 19.5 Å². The van der Waals surface area contributed by atoms with Gasteiger partial charge in [0.05, 0.1) is 37.1 Å². The number of nitrogens with zero attached hydrogens (tertiary/aromatic N) is 4. The summed E-state index contributed by atoms with van der Waals surface area (Å²) in [6, 6.07) is 0. The molecule has 0 aromatic carbocycles. The summed E-state index contributed by atoms with van der Waals surface area (Å²) in [6.45, 7) is 3.91. The van der Waals surface area contributed by atoms with Crippen molar-refractivity contribution in [3.05, 3.63) is 28.2 Å². The molecule has 0 aliphatic heterocycles. The maximum Gasteiger partial charge on any atom is 0.164 e. The van der Waals surface area contributed by atoms with E-state index in [1.165, 1.54) is 4.88 Å². The van der Waals surface area contributed by atoms with Crippen molar-refractivity contribution in [2.45, 2.75) is 26.0 Å². The summed E-state index contributed by atoms with van der Waals surface area (Å²) >= 11 is 1.64. The molecule has 2 N–H and O–H groups in total. The van der Waals surface area contributed by atoms with Crippen LogP contribution in [0.15, 0.2) is 11.8 Å². The molecule has 21 heavy (non-hydrogen) atoms. The first-order valence-electron chi connectivity index (χ1n) is 6.85. The minimum Gasteiger partial charge on any atom is -0.389 e. The number of nitrogens with one attached hydrogen (secondary N) is 1. The molecule has 2 heterocycles. The quantitative estimate of drug-likeness (QED) is 0.648. The first kappa shape index (κ1) is 16.0. The zero-order chi connectivity index (χ0) is 15.1. The minimum atomic E-state index is -0.531. The molecule has 2 aromatic rings. The van der Waals surface area contributed by atoms with E-state index in [0.717, 1.165) is 12.1 Å². The van der Waals surface area contributed by atoms with Gasteiger partial charge in [-0.05, 0) is 6.92 Å². The van der Waals surface area contributed by atoms with Crippen molar-refractivity contribution in [1.82, 2.24) is 25.1 Å². The first-order valence-corrected chi connectivity index (χ1v) is 7.73. The summed E-state index contributed by atoms with van der Waals surface area (Å²) in [5, 5.41) is 17.0. The van der Waals surface area contributed by atoms with Gasteiger partial charge in [0.1, 0.15) is 6.33 Å². The van der Waals surface area contributed by atoms with Crippen LogP contribution in [-0.4, -0.2) is 50.7 Å². The maximum atomic E-state index is 9.80. The molecule has 0 aliphatic carbocycles. The SMILES string of the molecule is Cc1ncsc1CCOCC(O)CNCc1ncn(C)n1. The lowest BCUT2D eigenvalue weighted by Gasteiger charge is -2.11. The van der Waals surface area contributed by atoms with Crippen molar-refractivity contribution < 1.29 is 9.84 Å². The molecule has 0 bridgehead atoms. The van der Waals surface area contributed by atoms with Gasteiger partial charge in [-0.1, -0.05) is 0 Å². The zero-order valence-corrected chi connectivity index (χ0v) is 13.1. The molecule has 1 atom stereocenters. The monoisotopic (exact) mass is 311 g/mol. The molecular formula is C13H21N5O2S. The van der Waals surface area contributed by atoms with E-state index in [2.05, 4.69) is 20.4 Å². The van der Waals surface area contributed by atoms with Crippen LogP contribution >= 0.6 is 11.3 Å². The lowest BCUT2D eigenvalue weighted by Crippen LogP contribution is -2.30. The number of aromatic nitrogens is 4. The summed E-state index contributed by atoms with van der Waals surface area (Å²) < 4.78 is 7.13. The molecule has 0 spiro atoms. The van der Waals surface area contributed by atoms with Gasteiger partial charge >= 0.3 is 0 Å². The number of aliphatic hydroxyl groups is 1. The molecule has 116 valence electrons. The Morgan fingerprint density at radius 1 is 1.48 bits per heavy atom. The number of rotatable bonds is 9. The van der Waals surface area contributed by atoms with Crippen molar-refractivity contribution in [3.63, 3.8) is 0 Å². The van der Waals surface area contributed by atoms with E-state index < -0.39 is 6.10 Å². The van der Waals surface area contributed by atoms with E-state index in [-0.39, 0.29) is 0 Å². The van der Waals surface area contributed by atoms with Crippen LogP contribution in [0.5, 0.6) is 0 Å². The van der Waals surface area contributed by atoms with Crippen LogP contribution in [0.25, 0.3) is 0 Å². The smallest absolute Gasteiger partial charge is 0.164 e. The van der Waals surface area contributed by atoms with Gasteiger partial charge in [0.25, 0.3) is 0 Å². The predicted molar refractivity (Wildman–Crippen MR) is 80.1 cm³/mol. The Bertz CT molecular complexity index is 542.